The number of ether oxygens (including phenoxy) is 1. The monoisotopic (exact) mass is 305 g/mol. The molecule has 1 unspecified atom stereocenters. The van der Waals surface area contributed by atoms with Crippen LogP contribution in [0.5, 0.6) is 5.75 Å². The van der Waals surface area contributed by atoms with E-state index in [1.54, 1.807) is 6.26 Å². The van der Waals surface area contributed by atoms with Gasteiger partial charge in [0.25, 0.3) is 0 Å². The molecular weight excluding hydrogens is 286 g/mol. The van der Waals surface area contributed by atoms with Gasteiger partial charge in [-0.05, 0) is 61.2 Å². The zero-order valence-corrected chi connectivity index (χ0v) is 12.9. The zero-order valence-electron chi connectivity index (χ0n) is 12.1. The number of benzene rings is 1. The molecule has 1 aromatic carbocycles. The van der Waals surface area contributed by atoms with Gasteiger partial charge in [0.2, 0.25) is 0 Å². The highest BCUT2D eigenvalue weighted by Gasteiger charge is 2.24. The lowest BCUT2D eigenvalue weighted by Crippen LogP contribution is -2.23. The summed E-state index contributed by atoms with van der Waals surface area (Å²) < 4.78 is 11.0. The highest BCUT2D eigenvalue weighted by molar-refractivity contribution is 6.29. The van der Waals surface area contributed by atoms with Crippen LogP contribution < -0.4 is 10.1 Å². The third kappa shape index (κ3) is 3.60. The second-order valence-corrected chi connectivity index (χ2v) is 5.77. The van der Waals surface area contributed by atoms with E-state index in [1.165, 1.54) is 12.8 Å². The van der Waals surface area contributed by atoms with Crippen LogP contribution in [0.3, 0.4) is 0 Å². The summed E-state index contributed by atoms with van der Waals surface area (Å²) in [6.07, 6.45) is 5.46. The maximum atomic E-state index is 6.14. The fourth-order valence-corrected chi connectivity index (χ4v) is 2.55. The Balaban J connectivity index is 1.79. The van der Waals surface area contributed by atoms with E-state index in [9.17, 15) is 0 Å². The molecule has 0 radical (unpaired) electrons. The number of halogens is 1. The Bertz CT molecular complexity index is 575. The smallest absolute Gasteiger partial charge is 0.198 e. The van der Waals surface area contributed by atoms with Gasteiger partial charge in [0.05, 0.1) is 18.4 Å². The minimum absolute atomic E-state index is 0.0474. The first-order chi connectivity index (χ1) is 10.3. The standard InChI is InChI=1S/C17H20ClNO2/c1-2-10-19-16(15-9-11-20-17(15)18)12-3-5-13(6-4-12)21-14-7-8-14/h3-6,9,11,14,16,19H,2,7-8,10H2,1H3. The van der Waals surface area contributed by atoms with Crippen LogP contribution >= 0.6 is 11.6 Å². The average Bonchev–Trinajstić information content (AvgIpc) is 3.21. The van der Waals surface area contributed by atoms with Gasteiger partial charge in [-0.3, -0.25) is 0 Å². The highest BCUT2D eigenvalue weighted by atomic mass is 35.5. The van der Waals surface area contributed by atoms with Gasteiger partial charge >= 0.3 is 0 Å². The maximum Gasteiger partial charge on any atom is 0.198 e. The lowest BCUT2D eigenvalue weighted by molar-refractivity contribution is 0.303. The van der Waals surface area contributed by atoms with Crippen LogP contribution in [-0.2, 0) is 0 Å². The van der Waals surface area contributed by atoms with Crippen molar-refractivity contribution in [3.63, 3.8) is 0 Å². The molecule has 2 aromatic rings. The maximum absolute atomic E-state index is 6.14. The summed E-state index contributed by atoms with van der Waals surface area (Å²) in [7, 11) is 0. The van der Waals surface area contributed by atoms with Crippen molar-refractivity contribution in [3.8, 4) is 5.75 Å². The Morgan fingerprint density at radius 1 is 1.29 bits per heavy atom. The van der Waals surface area contributed by atoms with Crippen molar-refractivity contribution in [2.45, 2.75) is 38.3 Å². The average molecular weight is 306 g/mol. The summed E-state index contributed by atoms with van der Waals surface area (Å²) in [5, 5.41) is 3.96. The van der Waals surface area contributed by atoms with E-state index < -0.39 is 0 Å². The molecule has 0 saturated heterocycles. The Morgan fingerprint density at radius 3 is 2.62 bits per heavy atom. The molecule has 1 N–H and O–H groups in total. The van der Waals surface area contributed by atoms with E-state index in [2.05, 4.69) is 24.4 Å². The van der Waals surface area contributed by atoms with Crippen molar-refractivity contribution >= 4 is 11.6 Å². The van der Waals surface area contributed by atoms with Crippen molar-refractivity contribution < 1.29 is 9.15 Å². The third-order valence-corrected chi connectivity index (χ3v) is 3.90. The molecule has 1 aliphatic rings. The first kappa shape index (κ1) is 14.5. The van der Waals surface area contributed by atoms with Gasteiger partial charge in [0, 0.05) is 5.56 Å². The van der Waals surface area contributed by atoms with Crippen LogP contribution in [0, 0.1) is 0 Å². The molecule has 21 heavy (non-hydrogen) atoms. The Morgan fingerprint density at radius 2 is 2.05 bits per heavy atom. The lowest BCUT2D eigenvalue weighted by Gasteiger charge is -2.18. The van der Waals surface area contributed by atoms with E-state index in [1.807, 2.05) is 18.2 Å². The fourth-order valence-electron chi connectivity index (χ4n) is 2.32. The second kappa shape index (κ2) is 6.54. The van der Waals surface area contributed by atoms with Gasteiger partial charge in [0.15, 0.2) is 5.22 Å². The van der Waals surface area contributed by atoms with Gasteiger partial charge < -0.3 is 14.5 Å². The molecule has 1 aromatic heterocycles. The minimum Gasteiger partial charge on any atom is -0.490 e. The number of furan rings is 1. The largest absolute Gasteiger partial charge is 0.490 e. The summed E-state index contributed by atoms with van der Waals surface area (Å²) >= 11 is 6.14. The summed E-state index contributed by atoms with van der Waals surface area (Å²) in [5.74, 6) is 0.939. The lowest BCUT2D eigenvalue weighted by atomic mass is 10.0. The molecular formula is C17H20ClNO2. The molecule has 1 saturated carbocycles. The molecule has 1 fully saturated rings. The fraction of sp³-hybridized carbons (Fsp3) is 0.412. The predicted molar refractivity (Wildman–Crippen MR) is 83.9 cm³/mol. The molecule has 1 aliphatic carbocycles. The Hall–Kier alpha value is -1.45. The third-order valence-electron chi connectivity index (χ3n) is 3.60. The summed E-state index contributed by atoms with van der Waals surface area (Å²) in [5.41, 5.74) is 2.14. The Kier molecular flexibility index (Phi) is 4.51. The summed E-state index contributed by atoms with van der Waals surface area (Å²) in [4.78, 5) is 0. The number of hydrogen-bond donors (Lipinski definition) is 1. The first-order valence-electron chi connectivity index (χ1n) is 7.51. The van der Waals surface area contributed by atoms with E-state index in [0.717, 1.165) is 29.8 Å². The van der Waals surface area contributed by atoms with Crippen molar-refractivity contribution in [1.82, 2.24) is 5.32 Å². The van der Waals surface area contributed by atoms with Gasteiger partial charge in [-0.15, -0.1) is 0 Å². The van der Waals surface area contributed by atoms with Crippen LogP contribution in [0.25, 0.3) is 0 Å². The molecule has 0 aliphatic heterocycles. The van der Waals surface area contributed by atoms with Gasteiger partial charge in [0.1, 0.15) is 5.75 Å². The van der Waals surface area contributed by atoms with Gasteiger partial charge in [-0.25, -0.2) is 0 Å². The molecule has 3 rings (SSSR count). The Labute approximate surface area is 130 Å². The van der Waals surface area contributed by atoms with E-state index in [4.69, 9.17) is 20.8 Å². The number of rotatable bonds is 7. The molecule has 1 atom stereocenters. The van der Waals surface area contributed by atoms with Crippen LogP contribution in [0.2, 0.25) is 5.22 Å². The number of hydrogen-bond acceptors (Lipinski definition) is 3. The topological polar surface area (TPSA) is 34.4 Å². The molecule has 0 amide bonds. The first-order valence-corrected chi connectivity index (χ1v) is 7.88. The van der Waals surface area contributed by atoms with Crippen LogP contribution in [0.4, 0.5) is 0 Å². The van der Waals surface area contributed by atoms with Crippen molar-refractivity contribution in [2.24, 2.45) is 0 Å². The molecule has 3 nitrogen and oxygen atoms in total. The number of nitrogens with one attached hydrogen (secondary N) is 1. The van der Waals surface area contributed by atoms with Gasteiger partial charge in [-0.2, -0.15) is 0 Å². The molecule has 0 bridgehead atoms. The predicted octanol–water partition coefficient (Wildman–Crippen LogP) is 4.56. The van der Waals surface area contributed by atoms with Crippen molar-refractivity contribution in [2.75, 3.05) is 6.54 Å². The minimum atomic E-state index is 0.0474. The SMILES string of the molecule is CCCNC(c1ccc(OC2CC2)cc1)c1ccoc1Cl. The molecule has 112 valence electrons. The van der Waals surface area contributed by atoms with Crippen molar-refractivity contribution in [3.05, 3.63) is 52.9 Å². The van der Waals surface area contributed by atoms with Gasteiger partial charge in [-0.1, -0.05) is 19.1 Å². The van der Waals surface area contributed by atoms with Crippen LogP contribution in [0.1, 0.15) is 43.4 Å². The quantitative estimate of drug-likeness (QED) is 0.814. The summed E-state index contributed by atoms with van der Waals surface area (Å²) in [6, 6.07) is 10.2. The molecule has 0 spiro atoms. The van der Waals surface area contributed by atoms with Crippen molar-refractivity contribution in [1.29, 1.82) is 0 Å². The normalized spacial score (nSPS) is 15.9. The molecule has 1 heterocycles. The van der Waals surface area contributed by atoms with E-state index >= 15 is 0 Å². The van der Waals surface area contributed by atoms with Crippen LogP contribution in [0.15, 0.2) is 41.0 Å². The summed E-state index contributed by atoms with van der Waals surface area (Å²) in [6.45, 7) is 3.07. The molecule has 4 heteroatoms. The van der Waals surface area contributed by atoms with Crippen LogP contribution in [-0.4, -0.2) is 12.6 Å². The van der Waals surface area contributed by atoms with E-state index in [0.29, 0.717) is 11.3 Å². The zero-order chi connectivity index (χ0) is 14.7. The second-order valence-electron chi connectivity index (χ2n) is 5.42. The van der Waals surface area contributed by atoms with E-state index in [-0.39, 0.29) is 6.04 Å². The highest BCUT2D eigenvalue weighted by Crippen LogP contribution is 2.31.